The highest BCUT2D eigenvalue weighted by molar-refractivity contribution is 6.34. The minimum Gasteiger partial charge on any atom is -0.454 e. The SMILES string of the molecule is Cc1ccc2c(c1)/C(=C/c1ccc3c(c1)OCO3)C(=O)N2. The molecule has 0 aliphatic carbocycles. The molecule has 2 aromatic carbocycles. The van der Waals surface area contributed by atoms with E-state index in [4.69, 9.17) is 9.47 Å². The van der Waals surface area contributed by atoms with Crippen LogP contribution in [-0.4, -0.2) is 12.7 Å². The number of carbonyl (C=O) groups is 1. The number of anilines is 1. The molecule has 2 aromatic rings. The van der Waals surface area contributed by atoms with Crippen LogP contribution in [0.1, 0.15) is 16.7 Å². The molecule has 104 valence electrons. The largest absolute Gasteiger partial charge is 0.454 e. The van der Waals surface area contributed by atoms with Crippen LogP contribution in [-0.2, 0) is 4.79 Å². The predicted octanol–water partition coefficient (Wildman–Crippen LogP) is 3.22. The van der Waals surface area contributed by atoms with Crippen molar-refractivity contribution in [2.45, 2.75) is 6.92 Å². The Balaban J connectivity index is 1.80. The van der Waals surface area contributed by atoms with Crippen molar-refractivity contribution in [3.8, 4) is 11.5 Å². The number of hydrogen-bond donors (Lipinski definition) is 1. The number of rotatable bonds is 1. The second kappa shape index (κ2) is 4.38. The maximum Gasteiger partial charge on any atom is 0.256 e. The number of nitrogens with one attached hydrogen (secondary N) is 1. The molecule has 0 bridgehead atoms. The fourth-order valence-electron chi connectivity index (χ4n) is 2.61. The maximum atomic E-state index is 12.1. The number of amides is 1. The van der Waals surface area contributed by atoms with Gasteiger partial charge in [-0.1, -0.05) is 17.7 Å². The first kappa shape index (κ1) is 12.0. The molecule has 2 aliphatic heterocycles. The van der Waals surface area contributed by atoms with E-state index in [1.807, 2.05) is 49.4 Å². The van der Waals surface area contributed by atoms with E-state index in [1.54, 1.807) is 0 Å². The lowest BCUT2D eigenvalue weighted by Gasteiger charge is -2.01. The molecule has 4 rings (SSSR count). The van der Waals surface area contributed by atoms with Crippen LogP contribution in [0.15, 0.2) is 36.4 Å². The second-order valence-corrected chi connectivity index (χ2v) is 5.17. The molecule has 0 saturated heterocycles. The van der Waals surface area contributed by atoms with Crippen LogP contribution in [0.3, 0.4) is 0 Å². The third-order valence-electron chi connectivity index (χ3n) is 3.67. The maximum absolute atomic E-state index is 12.1. The number of benzene rings is 2. The third-order valence-corrected chi connectivity index (χ3v) is 3.67. The molecule has 0 unspecified atom stereocenters. The molecule has 0 atom stereocenters. The van der Waals surface area contributed by atoms with Crippen LogP contribution in [0.25, 0.3) is 11.6 Å². The highest BCUT2D eigenvalue weighted by atomic mass is 16.7. The number of fused-ring (bicyclic) bond motifs is 2. The van der Waals surface area contributed by atoms with Crippen LogP contribution in [0.5, 0.6) is 11.5 Å². The van der Waals surface area contributed by atoms with Crippen molar-refractivity contribution in [1.82, 2.24) is 0 Å². The standard InChI is InChI=1S/C17H13NO3/c1-10-2-4-14-12(6-10)13(17(19)18-14)7-11-3-5-15-16(8-11)21-9-20-15/h2-8H,9H2,1H3,(H,18,19)/b13-7-. The zero-order chi connectivity index (χ0) is 14.4. The van der Waals surface area contributed by atoms with E-state index in [-0.39, 0.29) is 12.7 Å². The minimum atomic E-state index is -0.0757. The Morgan fingerprint density at radius 1 is 1.10 bits per heavy atom. The highest BCUT2D eigenvalue weighted by Crippen LogP contribution is 2.36. The van der Waals surface area contributed by atoms with Crippen molar-refractivity contribution in [3.05, 3.63) is 53.1 Å². The average molecular weight is 279 g/mol. The summed E-state index contributed by atoms with van der Waals surface area (Å²) in [6.45, 7) is 2.26. The van der Waals surface area contributed by atoms with Gasteiger partial charge < -0.3 is 14.8 Å². The van der Waals surface area contributed by atoms with Gasteiger partial charge in [0.1, 0.15) is 0 Å². The minimum absolute atomic E-state index is 0.0757. The molecular formula is C17H13NO3. The second-order valence-electron chi connectivity index (χ2n) is 5.17. The predicted molar refractivity (Wildman–Crippen MR) is 80.2 cm³/mol. The molecule has 1 amide bonds. The molecule has 0 radical (unpaired) electrons. The summed E-state index contributed by atoms with van der Waals surface area (Å²) in [6, 6.07) is 11.6. The van der Waals surface area contributed by atoms with Gasteiger partial charge >= 0.3 is 0 Å². The Labute approximate surface area is 122 Å². The Bertz CT molecular complexity index is 793. The molecule has 2 heterocycles. The molecule has 2 aliphatic rings. The lowest BCUT2D eigenvalue weighted by molar-refractivity contribution is -0.110. The summed E-state index contributed by atoms with van der Waals surface area (Å²) in [6.07, 6.45) is 1.88. The van der Waals surface area contributed by atoms with Gasteiger partial charge in [-0.15, -0.1) is 0 Å². The van der Waals surface area contributed by atoms with E-state index in [0.717, 1.165) is 28.1 Å². The molecule has 0 fully saturated rings. The number of ether oxygens (including phenoxy) is 2. The molecule has 1 N–H and O–H groups in total. The van der Waals surface area contributed by atoms with Crippen molar-refractivity contribution < 1.29 is 14.3 Å². The van der Waals surface area contributed by atoms with E-state index >= 15 is 0 Å². The molecule has 0 aromatic heterocycles. The van der Waals surface area contributed by atoms with Gasteiger partial charge in [-0.3, -0.25) is 4.79 Å². The quantitative estimate of drug-likeness (QED) is 0.815. The van der Waals surface area contributed by atoms with Crippen molar-refractivity contribution in [3.63, 3.8) is 0 Å². The van der Waals surface area contributed by atoms with Gasteiger partial charge in [0.2, 0.25) is 6.79 Å². The van der Waals surface area contributed by atoms with Crippen LogP contribution >= 0.6 is 0 Å². The first-order valence-electron chi connectivity index (χ1n) is 6.74. The van der Waals surface area contributed by atoms with Gasteiger partial charge in [0.05, 0.1) is 0 Å². The molecule has 4 heteroatoms. The third kappa shape index (κ3) is 1.96. The molecular weight excluding hydrogens is 266 g/mol. The molecule has 21 heavy (non-hydrogen) atoms. The summed E-state index contributed by atoms with van der Waals surface area (Å²) in [5.74, 6) is 1.38. The van der Waals surface area contributed by atoms with E-state index in [2.05, 4.69) is 5.32 Å². The van der Waals surface area contributed by atoms with E-state index in [9.17, 15) is 4.79 Å². The Morgan fingerprint density at radius 2 is 1.95 bits per heavy atom. The van der Waals surface area contributed by atoms with Gasteiger partial charge in [-0.25, -0.2) is 0 Å². The monoisotopic (exact) mass is 279 g/mol. The van der Waals surface area contributed by atoms with Crippen LogP contribution in [0.4, 0.5) is 5.69 Å². The van der Waals surface area contributed by atoms with Crippen molar-refractivity contribution in [1.29, 1.82) is 0 Å². The Hall–Kier alpha value is -2.75. The van der Waals surface area contributed by atoms with E-state index in [1.165, 1.54) is 0 Å². The van der Waals surface area contributed by atoms with Gasteiger partial charge in [0.15, 0.2) is 11.5 Å². The summed E-state index contributed by atoms with van der Waals surface area (Å²) in [5, 5.41) is 2.88. The van der Waals surface area contributed by atoms with Crippen molar-refractivity contribution in [2.75, 3.05) is 12.1 Å². The zero-order valence-electron chi connectivity index (χ0n) is 11.5. The van der Waals surface area contributed by atoms with Crippen LogP contribution < -0.4 is 14.8 Å². The van der Waals surface area contributed by atoms with Crippen LogP contribution in [0, 0.1) is 6.92 Å². The van der Waals surface area contributed by atoms with Crippen LogP contribution in [0.2, 0.25) is 0 Å². The first-order valence-corrected chi connectivity index (χ1v) is 6.74. The van der Waals surface area contributed by atoms with Gasteiger partial charge in [0.25, 0.3) is 5.91 Å². The number of carbonyl (C=O) groups excluding carboxylic acids is 1. The van der Waals surface area contributed by atoms with Gasteiger partial charge in [0, 0.05) is 16.8 Å². The molecule has 0 saturated carbocycles. The van der Waals surface area contributed by atoms with Gasteiger partial charge in [-0.2, -0.15) is 0 Å². The average Bonchev–Trinajstić information content (AvgIpc) is 3.04. The normalized spacial score (nSPS) is 17.0. The van der Waals surface area contributed by atoms with Crippen molar-refractivity contribution >= 4 is 23.2 Å². The number of aryl methyl sites for hydroxylation is 1. The molecule has 0 spiro atoms. The first-order chi connectivity index (χ1) is 10.2. The van der Waals surface area contributed by atoms with E-state index < -0.39 is 0 Å². The lowest BCUT2D eigenvalue weighted by Crippen LogP contribution is -2.03. The Kier molecular flexibility index (Phi) is 2.51. The summed E-state index contributed by atoms with van der Waals surface area (Å²) in [7, 11) is 0. The molecule has 4 nitrogen and oxygen atoms in total. The smallest absolute Gasteiger partial charge is 0.256 e. The summed E-state index contributed by atoms with van der Waals surface area (Å²) in [5.41, 5.74) is 4.52. The summed E-state index contributed by atoms with van der Waals surface area (Å²) >= 11 is 0. The fourth-order valence-corrected chi connectivity index (χ4v) is 2.61. The van der Waals surface area contributed by atoms with E-state index in [0.29, 0.717) is 11.3 Å². The number of hydrogen-bond acceptors (Lipinski definition) is 3. The summed E-state index contributed by atoms with van der Waals surface area (Å²) < 4.78 is 10.7. The topological polar surface area (TPSA) is 47.6 Å². The lowest BCUT2D eigenvalue weighted by atomic mass is 10.0. The zero-order valence-corrected chi connectivity index (χ0v) is 11.5. The van der Waals surface area contributed by atoms with Crippen molar-refractivity contribution in [2.24, 2.45) is 0 Å². The van der Waals surface area contributed by atoms with Gasteiger partial charge in [-0.05, 0) is 42.8 Å². The highest BCUT2D eigenvalue weighted by Gasteiger charge is 2.24. The summed E-state index contributed by atoms with van der Waals surface area (Å²) in [4.78, 5) is 12.1. The Morgan fingerprint density at radius 3 is 2.86 bits per heavy atom. The fraction of sp³-hybridized carbons (Fsp3) is 0.118.